The minimum atomic E-state index is -0.678. The molecule has 11 heteroatoms. The van der Waals surface area contributed by atoms with Crippen LogP contribution >= 0.6 is 11.3 Å². The van der Waals surface area contributed by atoms with E-state index in [1.807, 2.05) is 13.1 Å². The van der Waals surface area contributed by atoms with Gasteiger partial charge in [-0.05, 0) is 57.4 Å². The van der Waals surface area contributed by atoms with Crippen molar-refractivity contribution >= 4 is 45.7 Å². The molecular weight excluding hydrogens is 494 g/mol. The van der Waals surface area contributed by atoms with Crippen molar-refractivity contribution < 1.29 is 19.2 Å². The molecule has 0 saturated carbocycles. The van der Waals surface area contributed by atoms with Gasteiger partial charge in [0.05, 0.1) is 17.1 Å². The highest BCUT2D eigenvalue weighted by molar-refractivity contribution is 7.17. The molecular formula is C26H29N5O5S. The van der Waals surface area contributed by atoms with Crippen molar-refractivity contribution in [1.29, 1.82) is 5.26 Å². The number of nitrogens with zero attached hydrogens (tertiary/aromatic N) is 4. The number of esters is 1. The maximum absolute atomic E-state index is 13.2. The van der Waals surface area contributed by atoms with E-state index in [-0.39, 0.29) is 17.9 Å². The molecule has 1 fully saturated rings. The zero-order chi connectivity index (χ0) is 26.5. The van der Waals surface area contributed by atoms with Crippen LogP contribution < -0.4 is 10.2 Å². The van der Waals surface area contributed by atoms with Crippen LogP contribution in [-0.4, -0.2) is 61.5 Å². The van der Waals surface area contributed by atoms with E-state index in [1.54, 1.807) is 13.0 Å². The van der Waals surface area contributed by atoms with Crippen molar-refractivity contribution in [3.05, 3.63) is 55.5 Å². The smallest absolute Gasteiger partial charge is 0.341 e. The minimum Gasteiger partial charge on any atom is -0.462 e. The Kier molecular flexibility index (Phi) is 8.21. The number of fused-ring (bicyclic) bond motifs is 1. The molecule has 0 atom stereocenters. The standard InChI is InChI=1S/C26H29N5O5S/c1-3-36-26(33)23-20-6-4-5-7-22(20)37-25(23)28-24(32)18(16-27)14-17-15-19(31(34)35)8-9-21(17)30-12-10-29(2)11-13-30/h8-9,14-15H,3-7,10-13H2,1-2H3,(H,28,32). The highest BCUT2D eigenvalue weighted by atomic mass is 32.1. The van der Waals surface area contributed by atoms with Gasteiger partial charge >= 0.3 is 5.97 Å². The van der Waals surface area contributed by atoms with Gasteiger partial charge in [-0.15, -0.1) is 11.3 Å². The van der Waals surface area contributed by atoms with E-state index in [1.165, 1.54) is 29.5 Å². The second-order valence-electron chi connectivity index (χ2n) is 9.05. The second-order valence-corrected chi connectivity index (χ2v) is 10.2. The van der Waals surface area contributed by atoms with E-state index in [0.29, 0.717) is 29.2 Å². The van der Waals surface area contributed by atoms with Crippen LogP contribution in [0.2, 0.25) is 0 Å². The molecule has 1 aliphatic heterocycles. The van der Waals surface area contributed by atoms with Crippen LogP contribution in [-0.2, 0) is 22.4 Å². The van der Waals surface area contributed by atoms with Gasteiger partial charge in [-0.3, -0.25) is 14.9 Å². The van der Waals surface area contributed by atoms with Crippen LogP contribution in [0, 0.1) is 21.4 Å². The number of benzene rings is 1. The lowest BCUT2D eigenvalue weighted by molar-refractivity contribution is -0.384. The molecule has 4 rings (SSSR count). The Labute approximate surface area is 219 Å². The quantitative estimate of drug-likeness (QED) is 0.190. The fourth-order valence-electron chi connectivity index (χ4n) is 4.65. The summed E-state index contributed by atoms with van der Waals surface area (Å²) >= 11 is 1.34. The number of nitro groups is 1. The molecule has 1 amide bonds. The molecule has 194 valence electrons. The number of likely N-dealkylation sites (N-methyl/N-ethyl adjacent to an activating group) is 1. The number of aryl methyl sites for hydroxylation is 1. The van der Waals surface area contributed by atoms with Crippen molar-refractivity contribution in [2.24, 2.45) is 0 Å². The van der Waals surface area contributed by atoms with Crippen LogP contribution in [0.15, 0.2) is 23.8 Å². The van der Waals surface area contributed by atoms with Crippen molar-refractivity contribution in [3.8, 4) is 6.07 Å². The van der Waals surface area contributed by atoms with Gasteiger partial charge in [0.1, 0.15) is 16.6 Å². The largest absolute Gasteiger partial charge is 0.462 e. The lowest BCUT2D eigenvalue weighted by atomic mass is 9.95. The van der Waals surface area contributed by atoms with Gasteiger partial charge in [-0.25, -0.2) is 4.79 Å². The number of rotatable bonds is 7. The van der Waals surface area contributed by atoms with E-state index in [0.717, 1.165) is 54.9 Å². The average Bonchev–Trinajstić information content (AvgIpc) is 3.25. The number of non-ortho nitro benzene ring substituents is 1. The Bertz CT molecular complexity index is 1290. The van der Waals surface area contributed by atoms with Crippen LogP contribution in [0.5, 0.6) is 0 Å². The maximum atomic E-state index is 13.2. The first-order chi connectivity index (χ1) is 17.8. The number of hydrogen-bond donors (Lipinski definition) is 1. The molecule has 37 heavy (non-hydrogen) atoms. The third-order valence-corrected chi connectivity index (χ3v) is 7.82. The number of amides is 1. The SMILES string of the molecule is CCOC(=O)c1c(NC(=O)C(C#N)=Cc2cc([N+](=O)[O-])ccc2N2CCN(C)CC2)sc2c1CCCC2. The highest BCUT2D eigenvalue weighted by Gasteiger charge is 2.28. The molecule has 0 unspecified atom stereocenters. The Morgan fingerprint density at radius 1 is 1.24 bits per heavy atom. The number of ether oxygens (including phenoxy) is 1. The monoisotopic (exact) mass is 523 g/mol. The van der Waals surface area contributed by atoms with Gasteiger partial charge < -0.3 is 19.9 Å². The normalized spacial score (nSPS) is 16.0. The van der Waals surface area contributed by atoms with Crippen molar-refractivity contribution in [3.63, 3.8) is 0 Å². The van der Waals surface area contributed by atoms with Crippen LogP contribution in [0.1, 0.15) is 46.1 Å². The number of nitriles is 1. The highest BCUT2D eigenvalue weighted by Crippen LogP contribution is 2.39. The van der Waals surface area contributed by atoms with E-state index in [4.69, 9.17) is 4.74 Å². The Hall–Kier alpha value is -3.75. The first kappa shape index (κ1) is 26.3. The summed E-state index contributed by atoms with van der Waals surface area (Å²) in [7, 11) is 2.03. The van der Waals surface area contributed by atoms with Crippen molar-refractivity contribution in [2.45, 2.75) is 32.6 Å². The lowest BCUT2D eigenvalue weighted by Crippen LogP contribution is -2.44. The topological polar surface area (TPSA) is 129 Å². The summed E-state index contributed by atoms with van der Waals surface area (Å²) < 4.78 is 5.25. The van der Waals surface area contributed by atoms with E-state index < -0.39 is 16.8 Å². The second kappa shape index (κ2) is 11.5. The zero-order valence-electron chi connectivity index (χ0n) is 20.9. The number of thiophene rings is 1. The number of piperazine rings is 1. The molecule has 1 saturated heterocycles. The number of nitrogens with one attached hydrogen (secondary N) is 1. The van der Waals surface area contributed by atoms with Crippen molar-refractivity contribution in [2.75, 3.05) is 50.1 Å². The third-order valence-electron chi connectivity index (χ3n) is 6.61. The van der Waals surface area contributed by atoms with E-state index >= 15 is 0 Å². The van der Waals surface area contributed by atoms with Gasteiger partial charge in [0, 0.05) is 54.4 Å². The first-order valence-corrected chi connectivity index (χ1v) is 13.1. The molecule has 1 aromatic heterocycles. The van der Waals surface area contributed by atoms with Crippen LogP contribution in [0.4, 0.5) is 16.4 Å². The van der Waals surface area contributed by atoms with Gasteiger partial charge in [-0.1, -0.05) is 0 Å². The van der Waals surface area contributed by atoms with Gasteiger partial charge in [0.15, 0.2) is 0 Å². The molecule has 1 aliphatic carbocycles. The predicted octanol–water partition coefficient (Wildman–Crippen LogP) is 4.01. The summed E-state index contributed by atoms with van der Waals surface area (Å²) in [6.45, 7) is 5.02. The molecule has 0 bridgehead atoms. The summed E-state index contributed by atoms with van der Waals surface area (Å²) in [5.74, 6) is -1.17. The summed E-state index contributed by atoms with van der Waals surface area (Å²) in [5, 5.41) is 24.4. The summed E-state index contributed by atoms with van der Waals surface area (Å²) in [6, 6.07) is 6.40. The number of hydrogen-bond acceptors (Lipinski definition) is 9. The maximum Gasteiger partial charge on any atom is 0.341 e. The fraction of sp³-hybridized carbons (Fsp3) is 0.423. The third kappa shape index (κ3) is 5.81. The van der Waals surface area contributed by atoms with Gasteiger partial charge in [0.2, 0.25) is 0 Å². The molecule has 2 aliphatic rings. The molecule has 2 heterocycles. The molecule has 0 radical (unpaired) electrons. The van der Waals surface area contributed by atoms with E-state index in [9.17, 15) is 25.0 Å². The number of carbonyl (C=O) groups excluding carboxylic acids is 2. The average molecular weight is 524 g/mol. The van der Waals surface area contributed by atoms with Crippen LogP contribution in [0.25, 0.3) is 6.08 Å². The number of carbonyl (C=O) groups is 2. The number of nitro benzene ring substituents is 1. The molecule has 1 N–H and O–H groups in total. The van der Waals surface area contributed by atoms with Crippen LogP contribution in [0.3, 0.4) is 0 Å². The predicted molar refractivity (Wildman–Crippen MR) is 142 cm³/mol. The number of anilines is 2. The van der Waals surface area contributed by atoms with Gasteiger partial charge in [-0.2, -0.15) is 5.26 Å². The summed E-state index contributed by atoms with van der Waals surface area (Å²) in [6.07, 6.45) is 4.90. The zero-order valence-corrected chi connectivity index (χ0v) is 21.7. The Morgan fingerprint density at radius 2 is 1.97 bits per heavy atom. The first-order valence-electron chi connectivity index (χ1n) is 12.3. The van der Waals surface area contributed by atoms with E-state index in [2.05, 4.69) is 15.1 Å². The molecule has 1 aromatic carbocycles. The summed E-state index contributed by atoms with van der Waals surface area (Å²) in [4.78, 5) is 42.2. The van der Waals surface area contributed by atoms with Crippen molar-refractivity contribution in [1.82, 2.24) is 4.90 Å². The summed E-state index contributed by atoms with van der Waals surface area (Å²) in [5.41, 5.74) is 2.07. The minimum absolute atomic E-state index is 0.127. The molecule has 0 spiro atoms. The molecule has 10 nitrogen and oxygen atoms in total. The Morgan fingerprint density at radius 3 is 2.65 bits per heavy atom. The van der Waals surface area contributed by atoms with Gasteiger partial charge in [0.25, 0.3) is 11.6 Å². The lowest BCUT2D eigenvalue weighted by Gasteiger charge is -2.34. The Balaban J connectivity index is 1.68. The fourth-order valence-corrected chi connectivity index (χ4v) is 5.93. The molecule has 2 aromatic rings.